The molecule has 4 heterocycles. The Morgan fingerprint density at radius 2 is 2.08 bits per heavy atom. The van der Waals surface area contributed by atoms with Crippen LogP contribution < -0.4 is 5.69 Å². The largest absolute Gasteiger partial charge is 0.335 e. The van der Waals surface area contributed by atoms with Gasteiger partial charge in [0.05, 0.1) is 11.6 Å². The Morgan fingerprint density at radius 3 is 2.84 bits per heavy atom. The number of likely N-dealkylation sites (tertiary alicyclic amines) is 1. The molecule has 8 heteroatoms. The summed E-state index contributed by atoms with van der Waals surface area (Å²) >= 11 is 0. The average molecular weight is 340 g/mol. The topological polar surface area (TPSA) is 78.0 Å². The molecular weight excluding hydrogens is 320 g/mol. The van der Waals surface area contributed by atoms with Crippen LogP contribution in [0.25, 0.3) is 11.2 Å². The Labute approximate surface area is 144 Å². The van der Waals surface area contributed by atoms with Crippen molar-refractivity contribution in [2.75, 3.05) is 13.1 Å². The second-order valence-electron chi connectivity index (χ2n) is 6.45. The van der Waals surface area contributed by atoms with Crippen molar-refractivity contribution in [3.8, 4) is 0 Å². The smallest absolute Gasteiger partial charge is 0.330 e. The average Bonchev–Trinajstić information content (AvgIpc) is 3.17. The summed E-state index contributed by atoms with van der Waals surface area (Å²) in [6.07, 6.45) is 5.02. The van der Waals surface area contributed by atoms with Crippen molar-refractivity contribution in [1.29, 1.82) is 0 Å². The summed E-state index contributed by atoms with van der Waals surface area (Å²) in [7, 11) is 3.51. The number of imidazole rings is 1. The van der Waals surface area contributed by atoms with Crippen LogP contribution >= 0.6 is 0 Å². The highest BCUT2D eigenvalue weighted by molar-refractivity contribution is 5.92. The second kappa shape index (κ2) is 5.87. The lowest BCUT2D eigenvalue weighted by Crippen LogP contribution is -2.43. The summed E-state index contributed by atoms with van der Waals surface area (Å²) in [5.41, 5.74) is 1.95. The van der Waals surface area contributed by atoms with Crippen LogP contribution in [0, 0.1) is 0 Å². The maximum absolute atomic E-state index is 12.8. The minimum atomic E-state index is -0.0893. The molecule has 0 N–H and O–H groups in total. The number of amides is 1. The highest BCUT2D eigenvalue weighted by Gasteiger charge is 2.29. The molecule has 1 aliphatic rings. The van der Waals surface area contributed by atoms with E-state index in [1.807, 2.05) is 12.1 Å². The number of hydrogen-bond acceptors (Lipinski definition) is 4. The zero-order chi connectivity index (χ0) is 17.6. The fraction of sp³-hybridized carbons (Fsp3) is 0.412. The van der Waals surface area contributed by atoms with Crippen molar-refractivity contribution in [2.24, 2.45) is 14.1 Å². The van der Waals surface area contributed by atoms with E-state index in [2.05, 4.69) is 10.1 Å². The van der Waals surface area contributed by atoms with Gasteiger partial charge in [-0.05, 0) is 31.0 Å². The molecule has 1 amide bonds. The van der Waals surface area contributed by atoms with Crippen LogP contribution in [0.15, 0.2) is 35.4 Å². The number of piperidine rings is 1. The predicted molar refractivity (Wildman–Crippen MR) is 92.4 cm³/mol. The van der Waals surface area contributed by atoms with Crippen LogP contribution in [0.5, 0.6) is 0 Å². The van der Waals surface area contributed by atoms with Crippen LogP contribution in [0.4, 0.5) is 0 Å². The number of aryl methyl sites for hydroxylation is 2. The number of fused-ring (bicyclic) bond motifs is 1. The van der Waals surface area contributed by atoms with E-state index in [1.165, 1.54) is 0 Å². The van der Waals surface area contributed by atoms with Crippen LogP contribution in [0.2, 0.25) is 0 Å². The Balaban J connectivity index is 1.69. The molecule has 0 bridgehead atoms. The zero-order valence-corrected chi connectivity index (χ0v) is 14.3. The third kappa shape index (κ3) is 2.45. The third-order valence-electron chi connectivity index (χ3n) is 4.94. The van der Waals surface area contributed by atoms with E-state index in [-0.39, 0.29) is 17.6 Å². The number of carbonyl (C=O) groups excluding carboxylic acids is 1. The highest BCUT2D eigenvalue weighted by Crippen LogP contribution is 2.24. The Morgan fingerprint density at radius 1 is 1.24 bits per heavy atom. The molecule has 4 rings (SSSR count). The third-order valence-corrected chi connectivity index (χ3v) is 4.94. The highest BCUT2D eigenvalue weighted by atomic mass is 16.2. The zero-order valence-electron chi connectivity index (χ0n) is 14.3. The molecule has 25 heavy (non-hydrogen) atoms. The summed E-state index contributed by atoms with van der Waals surface area (Å²) in [6, 6.07) is 5.36. The van der Waals surface area contributed by atoms with Gasteiger partial charge < -0.3 is 4.90 Å². The minimum absolute atomic E-state index is 0.0501. The monoisotopic (exact) mass is 340 g/mol. The SMILES string of the molecule is Cn1nccc1C(=O)N1CCC[C@H](n2c(=O)n(C)c3cccnc32)C1. The number of aromatic nitrogens is 5. The first-order chi connectivity index (χ1) is 12.1. The molecule has 1 aliphatic heterocycles. The number of nitrogens with zero attached hydrogens (tertiary/aromatic N) is 6. The van der Waals surface area contributed by atoms with E-state index < -0.39 is 0 Å². The molecule has 0 radical (unpaired) electrons. The van der Waals surface area contributed by atoms with E-state index >= 15 is 0 Å². The first kappa shape index (κ1) is 15.6. The van der Waals surface area contributed by atoms with Gasteiger partial charge in [0.1, 0.15) is 5.69 Å². The molecule has 1 atom stereocenters. The van der Waals surface area contributed by atoms with Crippen molar-refractivity contribution >= 4 is 17.1 Å². The van der Waals surface area contributed by atoms with Crippen LogP contribution in [0.3, 0.4) is 0 Å². The number of pyridine rings is 1. The van der Waals surface area contributed by atoms with Crippen LogP contribution in [-0.2, 0) is 14.1 Å². The summed E-state index contributed by atoms with van der Waals surface area (Å²) < 4.78 is 4.93. The van der Waals surface area contributed by atoms with Gasteiger partial charge in [0.15, 0.2) is 5.65 Å². The Kier molecular flexibility index (Phi) is 3.67. The molecule has 0 aromatic carbocycles. The van der Waals surface area contributed by atoms with E-state index in [1.54, 1.807) is 51.3 Å². The van der Waals surface area contributed by atoms with Gasteiger partial charge >= 0.3 is 5.69 Å². The predicted octanol–water partition coefficient (Wildman–Crippen LogP) is 0.946. The summed E-state index contributed by atoms with van der Waals surface area (Å²) in [6.45, 7) is 1.19. The molecule has 3 aromatic heterocycles. The lowest BCUT2D eigenvalue weighted by Gasteiger charge is -2.33. The van der Waals surface area contributed by atoms with Gasteiger partial charge in [-0.25, -0.2) is 9.78 Å². The molecule has 0 saturated carbocycles. The fourth-order valence-electron chi connectivity index (χ4n) is 3.62. The molecule has 3 aromatic rings. The van der Waals surface area contributed by atoms with Crippen molar-refractivity contribution in [1.82, 2.24) is 28.8 Å². The molecule has 0 spiro atoms. The van der Waals surface area contributed by atoms with E-state index in [4.69, 9.17) is 0 Å². The summed E-state index contributed by atoms with van der Waals surface area (Å²) in [4.78, 5) is 31.7. The van der Waals surface area contributed by atoms with Crippen molar-refractivity contribution in [3.63, 3.8) is 0 Å². The molecule has 130 valence electrons. The summed E-state index contributed by atoms with van der Waals surface area (Å²) in [5.74, 6) is -0.0501. The number of rotatable bonds is 2. The normalized spacial score (nSPS) is 18.0. The molecule has 0 aliphatic carbocycles. The van der Waals surface area contributed by atoms with Gasteiger partial charge in [-0.15, -0.1) is 0 Å². The maximum atomic E-state index is 12.8. The van der Waals surface area contributed by atoms with Gasteiger partial charge in [0, 0.05) is 39.6 Å². The van der Waals surface area contributed by atoms with Crippen molar-refractivity contribution < 1.29 is 4.79 Å². The molecule has 8 nitrogen and oxygen atoms in total. The van der Waals surface area contributed by atoms with Gasteiger partial charge in [-0.1, -0.05) is 0 Å². The van der Waals surface area contributed by atoms with E-state index in [0.717, 1.165) is 18.4 Å². The van der Waals surface area contributed by atoms with Crippen LogP contribution in [-0.4, -0.2) is 47.8 Å². The van der Waals surface area contributed by atoms with Gasteiger partial charge in [0.2, 0.25) is 0 Å². The van der Waals surface area contributed by atoms with Gasteiger partial charge in [-0.2, -0.15) is 5.10 Å². The lowest BCUT2D eigenvalue weighted by molar-refractivity contribution is 0.0668. The molecule has 1 saturated heterocycles. The Hall–Kier alpha value is -2.90. The fourth-order valence-corrected chi connectivity index (χ4v) is 3.62. The molecular formula is C17H20N6O2. The van der Waals surface area contributed by atoms with Crippen molar-refractivity contribution in [2.45, 2.75) is 18.9 Å². The minimum Gasteiger partial charge on any atom is -0.335 e. The van der Waals surface area contributed by atoms with Gasteiger partial charge in [-0.3, -0.25) is 18.6 Å². The second-order valence-corrected chi connectivity index (χ2v) is 6.45. The van der Waals surface area contributed by atoms with E-state index in [0.29, 0.717) is 24.4 Å². The first-order valence-corrected chi connectivity index (χ1v) is 8.37. The molecule has 1 fully saturated rings. The quantitative estimate of drug-likeness (QED) is 0.696. The van der Waals surface area contributed by atoms with Crippen LogP contribution in [0.1, 0.15) is 29.4 Å². The van der Waals surface area contributed by atoms with E-state index in [9.17, 15) is 9.59 Å². The number of hydrogen-bond donors (Lipinski definition) is 0. The van der Waals surface area contributed by atoms with Gasteiger partial charge in [0.25, 0.3) is 5.91 Å². The Bertz CT molecular complexity index is 998. The summed E-state index contributed by atoms with van der Waals surface area (Å²) in [5, 5.41) is 4.07. The first-order valence-electron chi connectivity index (χ1n) is 8.37. The molecule has 0 unspecified atom stereocenters. The maximum Gasteiger partial charge on any atom is 0.330 e. The van der Waals surface area contributed by atoms with Crippen molar-refractivity contribution in [3.05, 3.63) is 46.8 Å². The number of carbonyl (C=O) groups is 1. The standard InChI is InChI=1S/C17H20N6O2/c1-20-13-6-3-8-18-15(13)23(17(20)25)12-5-4-10-22(11-12)16(24)14-7-9-19-21(14)2/h3,6-9,12H,4-5,10-11H2,1-2H3/t12-/m0/s1. The lowest BCUT2D eigenvalue weighted by atomic mass is 10.0.